The van der Waals surface area contributed by atoms with E-state index in [0.717, 1.165) is 11.6 Å². The van der Waals surface area contributed by atoms with Crippen molar-refractivity contribution in [2.24, 2.45) is 7.05 Å². The number of imidazole rings is 1. The van der Waals surface area contributed by atoms with Gasteiger partial charge in [-0.2, -0.15) is 0 Å². The Hall–Kier alpha value is -4.48. The first-order chi connectivity index (χ1) is 16.7. The fourth-order valence-electron chi connectivity index (χ4n) is 4.81. The van der Waals surface area contributed by atoms with Crippen molar-refractivity contribution in [1.29, 1.82) is 0 Å². The average molecular weight is 478 g/mol. The van der Waals surface area contributed by atoms with Gasteiger partial charge in [0.1, 0.15) is 5.56 Å². The van der Waals surface area contributed by atoms with Crippen LogP contribution in [0.4, 0.5) is 5.69 Å². The Kier molecular flexibility index (Phi) is 5.15. The van der Waals surface area contributed by atoms with Crippen LogP contribution in [0.15, 0.2) is 44.7 Å². The van der Waals surface area contributed by atoms with Gasteiger partial charge in [0.25, 0.3) is 17.2 Å². The number of aryl methyl sites for hydroxylation is 2. The number of carbonyl (C=O) groups excluding carboxylic acids is 1. The second kappa shape index (κ2) is 8.08. The summed E-state index contributed by atoms with van der Waals surface area (Å²) >= 11 is 0. The molecule has 2 aromatic heterocycles. The smallest absolute Gasteiger partial charge is 0.331 e. The van der Waals surface area contributed by atoms with E-state index < -0.39 is 33.9 Å². The zero-order valence-corrected chi connectivity index (χ0v) is 19.0. The largest absolute Gasteiger partial charge is 0.338 e. The molecule has 0 spiro atoms. The lowest BCUT2D eigenvalue weighted by Crippen LogP contribution is -2.46. The summed E-state index contributed by atoms with van der Waals surface area (Å²) in [5.41, 5.74) is 0.127. The number of amides is 1. The number of aromatic nitrogens is 4. The first kappa shape index (κ1) is 22.3. The van der Waals surface area contributed by atoms with Gasteiger partial charge in [-0.1, -0.05) is 11.6 Å². The maximum atomic E-state index is 13.2. The number of piperidine rings is 1. The van der Waals surface area contributed by atoms with E-state index >= 15 is 0 Å². The summed E-state index contributed by atoms with van der Waals surface area (Å²) in [4.78, 5) is 68.3. The molecule has 35 heavy (non-hydrogen) atoms. The Bertz CT molecular complexity index is 1700. The van der Waals surface area contributed by atoms with Crippen LogP contribution in [0.25, 0.3) is 21.9 Å². The molecule has 180 valence electrons. The number of rotatable bonds is 3. The van der Waals surface area contributed by atoms with Crippen molar-refractivity contribution in [3.63, 3.8) is 0 Å². The minimum Gasteiger partial charge on any atom is -0.338 e. The summed E-state index contributed by atoms with van der Waals surface area (Å²) in [6.07, 6.45) is 0.685. The third kappa shape index (κ3) is 3.63. The molecule has 0 radical (unpaired) electrons. The van der Waals surface area contributed by atoms with E-state index in [9.17, 15) is 29.3 Å². The van der Waals surface area contributed by atoms with Crippen LogP contribution in [0.1, 0.15) is 34.8 Å². The van der Waals surface area contributed by atoms with Gasteiger partial charge >= 0.3 is 11.4 Å². The van der Waals surface area contributed by atoms with Gasteiger partial charge in [0, 0.05) is 32.2 Å². The summed E-state index contributed by atoms with van der Waals surface area (Å²) in [6, 6.07) is 7.40. The van der Waals surface area contributed by atoms with Crippen molar-refractivity contribution >= 4 is 33.5 Å². The molecule has 1 fully saturated rings. The zero-order chi connectivity index (χ0) is 25.0. The van der Waals surface area contributed by atoms with Gasteiger partial charge in [-0.25, -0.2) is 9.59 Å². The number of nitro benzene ring substituents is 1. The maximum Gasteiger partial charge on any atom is 0.331 e. The van der Waals surface area contributed by atoms with Gasteiger partial charge in [-0.15, -0.1) is 0 Å². The van der Waals surface area contributed by atoms with Gasteiger partial charge < -0.3 is 14.9 Å². The van der Waals surface area contributed by atoms with Crippen molar-refractivity contribution in [1.82, 2.24) is 24.0 Å². The van der Waals surface area contributed by atoms with Crippen molar-refractivity contribution in [3.05, 3.63) is 82.9 Å². The molecular weight excluding hydrogens is 456 g/mol. The Morgan fingerprint density at radius 1 is 1.06 bits per heavy atom. The molecule has 0 saturated carbocycles. The Morgan fingerprint density at radius 2 is 1.71 bits per heavy atom. The van der Waals surface area contributed by atoms with Crippen LogP contribution in [-0.4, -0.2) is 47.9 Å². The van der Waals surface area contributed by atoms with Crippen molar-refractivity contribution < 1.29 is 9.72 Å². The van der Waals surface area contributed by atoms with Gasteiger partial charge in [0.15, 0.2) is 0 Å². The number of nitrogens with one attached hydrogen (secondary N) is 2. The summed E-state index contributed by atoms with van der Waals surface area (Å²) in [7, 11) is 1.62. The molecule has 1 aliphatic rings. The standard InChI is InChI=1S/C23H22N6O6/c1-12-3-4-18-14(9-12)21(31)28(23(33)26(18)2)13-5-7-27(8-6-13)20(30)15-10-16-17(25-22(32)24-16)11-19(15)29(34)35/h3-4,9-11,13H,5-8H2,1-2H3,(H2,24,25,32). The Balaban J connectivity index is 1.45. The Morgan fingerprint density at radius 3 is 2.37 bits per heavy atom. The normalized spacial score (nSPS) is 14.6. The van der Waals surface area contributed by atoms with Gasteiger partial charge in [0.05, 0.1) is 26.9 Å². The number of likely N-dealkylation sites (tertiary alicyclic amines) is 1. The van der Waals surface area contributed by atoms with Gasteiger partial charge in [-0.3, -0.25) is 28.8 Å². The number of carbonyl (C=O) groups is 1. The van der Waals surface area contributed by atoms with Crippen LogP contribution in [0, 0.1) is 17.0 Å². The molecule has 2 N–H and O–H groups in total. The molecule has 1 aliphatic heterocycles. The van der Waals surface area contributed by atoms with E-state index in [-0.39, 0.29) is 29.7 Å². The van der Waals surface area contributed by atoms with E-state index in [1.165, 1.54) is 20.1 Å². The third-order valence-corrected chi connectivity index (χ3v) is 6.63. The second-order valence-electron chi connectivity index (χ2n) is 8.81. The van der Waals surface area contributed by atoms with E-state index in [1.807, 2.05) is 13.0 Å². The van der Waals surface area contributed by atoms with Crippen LogP contribution < -0.4 is 16.9 Å². The third-order valence-electron chi connectivity index (χ3n) is 6.63. The topological polar surface area (TPSA) is 156 Å². The van der Waals surface area contributed by atoms with E-state index in [1.54, 1.807) is 19.2 Å². The highest BCUT2D eigenvalue weighted by Crippen LogP contribution is 2.28. The van der Waals surface area contributed by atoms with Crippen LogP contribution >= 0.6 is 0 Å². The number of fused-ring (bicyclic) bond motifs is 2. The summed E-state index contributed by atoms with van der Waals surface area (Å²) in [5, 5.41) is 12.0. The number of aromatic amines is 2. The quantitative estimate of drug-likeness (QED) is 0.336. The number of nitrogens with zero attached hydrogens (tertiary/aromatic N) is 4. The highest BCUT2D eigenvalue weighted by Gasteiger charge is 2.31. The molecule has 12 heteroatoms. The molecule has 2 aromatic carbocycles. The van der Waals surface area contributed by atoms with E-state index in [4.69, 9.17) is 0 Å². The molecule has 4 aromatic rings. The summed E-state index contributed by atoms with van der Waals surface area (Å²) in [6.45, 7) is 2.30. The fourth-order valence-corrected chi connectivity index (χ4v) is 4.81. The minimum atomic E-state index is -0.662. The Labute approximate surface area is 196 Å². The fraction of sp³-hybridized carbons (Fsp3) is 0.304. The average Bonchev–Trinajstić information content (AvgIpc) is 3.21. The highest BCUT2D eigenvalue weighted by atomic mass is 16.6. The predicted octanol–water partition coefficient (Wildman–Crippen LogP) is 1.56. The first-order valence-corrected chi connectivity index (χ1v) is 11.1. The number of benzene rings is 2. The summed E-state index contributed by atoms with van der Waals surface area (Å²) in [5.74, 6) is -0.548. The monoisotopic (exact) mass is 478 g/mol. The molecule has 3 heterocycles. The van der Waals surface area contributed by atoms with Crippen LogP contribution in [0.5, 0.6) is 0 Å². The molecule has 1 amide bonds. The molecule has 5 rings (SSSR count). The molecule has 0 bridgehead atoms. The van der Waals surface area contributed by atoms with Gasteiger partial charge in [0.2, 0.25) is 0 Å². The van der Waals surface area contributed by atoms with E-state index in [0.29, 0.717) is 29.3 Å². The van der Waals surface area contributed by atoms with Crippen molar-refractivity contribution in [2.45, 2.75) is 25.8 Å². The zero-order valence-electron chi connectivity index (χ0n) is 19.0. The molecular formula is C23H22N6O6. The second-order valence-corrected chi connectivity index (χ2v) is 8.81. The lowest BCUT2D eigenvalue weighted by molar-refractivity contribution is -0.385. The number of H-pyrrole nitrogens is 2. The number of nitro groups is 1. The maximum absolute atomic E-state index is 13.2. The molecule has 0 aliphatic carbocycles. The SMILES string of the molecule is Cc1ccc2c(c1)c(=O)n(C1CCN(C(=O)c3cc4[nH]c(=O)[nH]c4cc3[N+](=O)[O-])CC1)c(=O)n2C. The number of hydrogen-bond donors (Lipinski definition) is 2. The molecule has 12 nitrogen and oxygen atoms in total. The first-order valence-electron chi connectivity index (χ1n) is 11.1. The van der Waals surface area contributed by atoms with Crippen LogP contribution in [0.2, 0.25) is 0 Å². The molecule has 0 unspecified atom stereocenters. The lowest BCUT2D eigenvalue weighted by atomic mass is 10.0. The highest BCUT2D eigenvalue weighted by molar-refractivity contribution is 6.01. The minimum absolute atomic E-state index is 0.134. The molecule has 0 atom stereocenters. The predicted molar refractivity (Wildman–Crippen MR) is 128 cm³/mol. The summed E-state index contributed by atoms with van der Waals surface area (Å²) < 4.78 is 2.70. The van der Waals surface area contributed by atoms with E-state index in [2.05, 4.69) is 9.97 Å². The van der Waals surface area contributed by atoms with Crippen LogP contribution in [0.3, 0.4) is 0 Å². The molecule has 1 saturated heterocycles. The van der Waals surface area contributed by atoms with Crippen LogP contribution in [-0.2, 0) is 7.05 Å². The lowest BCUT2D eigenvalue weighted by Gasteiger charge is -2.32. The van der Waals surface area contributed by atoms with Crippen molar-refractivity contribution in [3.8, 4) is 0 Å². The van der Waals surface area contributed by atoms with Crippen molar-refractivity contribution in [2.75, 3.05) is 13.1 Å². The number of hydrogen-bond acceptors (Lipinski definition) is 6. The van der Waals surface area contributed by atoms with Gasteiger partial charge in [-0.05, 0) is 38.0 Å².